The summed E-state index contributed by atoms with van der Waals surface area (Å²) in [7, 11) is 0. The van der Waals surface area contributed by atoms with Gasteiger partial charge in [-0.05, 0) is 53.1 Å². The molecule has 0 radical (unpaired) electrons. The molecular weight excluding hydrogens is 594 g/mol. The molecule has 0 saturated carbocycles. The fourth-order valence-electron chi connectivity index (χ4n) is 4.45. The van der Waals surface area contributed by atoms with Crippen molar-refractivity contribution in [2.45, 2.75) is 26.0 Å². The van der Waals surface area contributed by atoms with Crippen molar-refractivity contribution in [2.24, 2.45) is 10.7 Å². The highest BCUT2D eigenvalue weighted by Gasteiger charge is 2.31. The Hall–Kier alpha value is -4.85. The van der Waals surface area contributed by atoms with Crippen molar-refractivity contribution in [2.75, 3.05) is 18.4 Å². The molecule has 2 heterocycles. The maximum atomic E-state index is 13.6. The molecule has 0 saturated heterocycles. The van der Waals surface area contributed by atoms with Gasteiger partial charge in [-0.2, -0.15) is 4.98 Å². The van der Waals surface area contributed by atoms with Crippen LogP contribution in [0.4, 0.5) is 29.2 Å². The Labute approximate surface area is 246 Å². The molecule has 0 unspecified atom stereocenters. The maximum Gasteiger partial charge on any atom is 0.573 e. The number of hydrogen-bond donors (Lipinski definition) is 2. The van der Waals surface area contributed by atoms with E-state index in [0.717, 1.165) is 22.3 Å². The maximum absolute atomic E-state index is 13.6. The summed E-state index contributed by atoms with van der Waals surface area (Å²) in [5.74, 6) is -0.694. The van der Waals surface area contributed by atoms with Crippen LogP contribution in [0.25, 0.3) is 0 Å². The lowest BCUT2D eigenvalue weighted by Gasteiger charge is -2.28. The number of aromatic nitrogens is 3. The zero-order valence-corrected chi connectivity index (χ0v) is 23.1. The highest BCUT2D eigenvalue weighted by Crippen LogP contribution is 2.28. The largest absolute Gasteiger partial charge is 0.573 e. The molecule has 3 aromatic carbocycles. The van der Waals surface area contributed by atoms with E-state index in [-0.39, 0.29) is 31.5 Å². The van der Waals surface area contributed by atoms with Crippen LogP contribution in [0.3, 0.4) is 0 Å². The van der Waals surface area contributed by atoms with Crippen molar-refractivity contribution in [1.29, 1.82) is 0 Å². The van der Waals surface area contributed by atoms with E-state index in [9.17, 15) is 27.2 Å². The number of nitrogens with one attached hydrogen (secondary N) is 1. The van der Waals surface area contributed by atoms with Crippen molar-refractivity contribution < 1.29 is 22.3 Å². The van der Waals surface area contributed by atoms with Crippen molar-refractivity contribution >= 4 is 29.2 Å². The Balaban J connectivity index is 1.39. The number of fused-ring (bicyclic) bond motifs is 1. The summed E-state index contributed by atoms with van der Waals surface area (Å²) in [6.07, 6.45) is -4.85. The minimum absolute atomic E-state index is 0.0549. The van der Waals surface area contributed by atoms with Crippen LogP contribution in [0, 0.1) is 5.82 Å². The Morgan fingerprint density at radius 1 is 0.953 bits per heavy atom. The van der Waals surface area contributed by atoms with Gasteiger partial charge < -0.3 is 20.7 Å². The minimum atomic E-state index is -4.85. The third kappa shape index (κ3) is 7.33. The number of anilines is 1. The topological polar surface area (TPSA) is 120 Å². The number of rotatable bonds is 9. The van der Waals surface area contributed by atoms with Crippen LogP contribution in [0.5, 0.6) is 5.75 Å². The second-order valence-electron chi connectivity index (χ2n) is 9.58. The highest BCUT2D eigenvalue weighted by molar-refractivity contribution is 6.30. The molecule has 15 heteroatoms. The molecule has 3 N–H and O–H groups in total. The summed E-state index contributed by atoms with van der Waals surface area (Å²) in [6.45, 7) is 0.676. The van der Waals surface area contributed by atoms with Gasteiger partial charge in [-0.15, -0.1) is 13.2 Å². The van der Waals surface area contributed by atoms with Crippen LogP contribution in [0.15, 0.2) is 81.3 Å². The number of alkyl halides is 3. The number of halogens is 5. The van der Waals surface area contributed by atoms with E-state index in [1.165, 1.54) is 41.0 Å². The smallest absolute Gasteiger partial charge is 0.406 e. The van der Waals surface area contributed by atoms with Gasteiger partial charge >= 0.3 is 17.7 Å². The number of nitrogens with two attached hydrogens (primary N) is 1. The van der Waals surface area contributed by atoms with E-state index < -0.39 is 29.3 Å². The van der Waals surface area contributed by atoms with Crippen LogP contribution in [-0.4, -0.2) is 44.4 Å². The fourth-order valence-corrected chi connectivity index (χ4v) is 4.61. The Morgan fingerprint density at radius 2 is 1.60 bits per heavy atom. The van der Waals surface area contributed by atoms with Gasteiger partial charge in [-0.3, -0.25) is 4.57 Å². The average molecular weight is 618 g/mol. The van der Waals surface area contributed by atoms with E-state index in [0.29, 0.717) is 34.9 Å². The van der Waals surface area contributed by atoms with E-state index in [1.54, 1.807) is 17.0 Å². The van der Waals surface area contributed by atoms with Crippen LogP contribution in [0.1, 0.15) is 16.7 Å². The molecular formula is C28H24ClF4N7O3. The summed E-state index contributed by atoms with van der Waals surface area (Å²) >= 11 is 6.04. The number of hydrogen-bond acceptors (Lipinski definition) is 8. The molecule has 1 aromatic heterocycles. The fraction of sp³-hybridized carbons (Fsp3) is 0.214. The average Bonchev–Trinajstić information content (AvgIpc) is 2.94. The SMILES string of the molecule is NC1=Nc2cc(Cl)ccc2CN1CCNc1nc(=O)n(Cc2ccc(F)cc2)c(=O)n1Cc1ccc(OC(F)(F)F)cc1. The molecule has 43 heavy (non-hydrogen) atoms. The molecule has 0 bridgehead atoms. The predicted molar refractivity (Wildman–Crippen MR) is 152 cm³/mol. The number of aliphatic imine (C=N–C) groups is 1. The molecule has 0 spiro atoms. The van der Waals surface area contributed by atoms with E-state index in [1.807, 2.05) is 6.07 Å². The van der Waals surface area contributed by atoms with Crippen LogP contribution in [0.2, 0.25) is 5.02 Å². The zero-order valence-electron chi connectivity index (χ0n) is 22.3. The van der Waals surface area contributed by atoms with Gasteiger partial charge in [-0.1, -0.05) is 41.9 Å². The second kappa shape index (κ2) is 12.2. The molecule has 5 rings (SSSR count). The summed E-state index contributed by atoms with van der Waals surface area (Å²) in [5.41, 5.74) is 7.07. The predicted octanol–water partition coefficient (Wildman–Crippen LogP) is 4.07. The van der Waals surface area contributed by atoms with Crippen molar-refractivity contribution in [3.63, 3.8) is 0 Å². The lowest BCUT2D eigenvalue weighted by Crippen LogP contribution is -2.44. The number of benzene rings is 3. The molecule has 224 valence electrons. The van der Waals surface area contributed by atoms with Gasteiger partial charge in [0.05, 0.1) is 18.8 Å². The van der Waals surface area contributed by atoms with E-state index in [2.05, 4.69) is 20.0 Å². The zero-order chi connectivity index (χ0) is 30.7. The monoisotopic (exact) mass is 617 g/mol. The lowest BCUT2D eigenvalue weighted by molar-refractivity contribution is -0.274. The molecule has 0 amide bonds. The van der Waals surface area contributed by atoms with Gasteiger partial charge in [-0.25, -0.2) is 23.5 Å². The number of ether oxygens (including phenoxy) is 1. The Morgan fingerprint density at radius 3 is 2.28 bits per heavy atom. The highest BCUT2D eigenvalue weighted by atomic mass is 35.5. The van der Waals surface area contributed by atoms with Crippen LogP contribution in [-0.2, 0) is 19.6 Å². The summed E-state index contributed by atoms with van der Waals surface area (Å²) in [6, 6.07) is 15.6. The van der Waals surface area contributed by atoms with Crippen molar-refractivity contribution in [1.82, 2.24) is 19.0 Å². The lowest BCUT2D eigenvalue weighted by atomic mass is 10.1. The van der Waals surface area contributed by atoms with Gasteiger partial charge in [0.1, 0.15) is 11.6 Å². The Bertz CT molecular complexity index is 1770. The molecule has 0 aliphatic carbocycles. The standard InChI is InChI=1S/C28H24ClF4N7O3/c29-20-6-5-19-16-38(24(34)36-23(19)13-20)12-11-35-25-37-26(41)40(15-17-1-7-21(30)8-2-17)27(42)39(25)14-18-3-9-22(10-4-18)43-28(31,32)33/h1-10,13H,11-12,14-16H2,(H2,34,36)(H,35,37,41). The molecule has 10 nitrogen and oxygen atoms in total. The molecule has 4 aromatic rings. The third-order valence-corrected chi connectivity index (χ3v) is 6.77. The van der Waals surface area contributed by atoms with Gasteiger partial charge in [0.25, 0.3) is 0 Å². The first-order valence-corrected chi connectivity index (χ1v) is 13.3. The quantitative estimate of drug-likeness (QED) is 0.272. The molecule has 1 aliphatic heterocycles. The third-order valence-electron chi connectivity index (χ3n) is 6.53. The van der Waals surface area contributed by atoms with Gasteiger partial charge in [0, 0.05) is 24.7 Å². The molecule has 0 atom stereocenters. The first kappa shape index (κ1) is 29.6. The van der Waals surface area contributed by atoms with Crippen LogP contribution >= 0.6 is 11.6 Å². The first-order valence-electron chi connectivity index (χ1n) is 12.9. The first-order chi connectivity index (χ1) is 20.4. The van der Waals surface area contributed by atoms with E-state index in [4.69, 9.17) is 17.3 Å². The number of nitrogens with zero attached hydrogens (tertiary/aromatic N) is 5. The van der Waals surface area contributed by atoms with Gasteiger partial charge in [0.2, 0.25) is 5.95 Å². The number of guanidine groups is 1. The van der Waals surface area contributed by atoms with Gasteiger partial charge in [0.15, 0.2) is 5.96 Å². The molecule has 1 aliphatic rings. The minimum Gasteiger partial charge on any atom is -0.406 e. The van der Waals surface area contributed by atoms with Crippen molar-refractivity contribution in [3.05, 3.63) is 115 Å². The summed E-state index contributed by atoms with van der Waals surface area (Å²) in [4.78, 5) is 36.7. The molecule has 0 fully saturated rings. The summed E-state index contributed by atoms with van der Waals surface area (Å²) < 4.78 is 57.1. The Kier molecular flexibility index (Phi) is 8.39. The van der Waals surface area contributed by atoms with E-state index >= 15 is 0 Å². The summed E-state index contributed by atoms with van der Waals surface area (Å²) in [5, 5.41) is 3.53. The normalized spacial score (nSPS) is 13.0. The van der Waals surface area contributed by atoms with Crippen LogP contribution < -0.4 is 27.2 Å². The second-order valence-corrected chi connectivity index (χ2v) is 10.0. The van der Waals surface area contributed by atoms with Crippen molar-refractivity contribution in [3.8, 4) is 5.75 Å².